The van der Waals surface area contributed by atoms with Gasteiger partial charge in [0.15, 0.2) is 0 Å². The summed E-state index contributed by atoms with van der Waals surface area (Å²) in [4.78, 5) is 59.9. The van der Waals surface area contributed by atoms with Gasteiger partial charge in [0.1, 0.15) is 11.3 Å². The van der Waals surface area contributed by atoms with E-state index in [9.17, 15) is 34.6 Å². The molecule has 12 nitrogen and oxygen atoms in total. The summed E-state index contributed by atoms with van der Waals surface area (Å²) in [6, 6.07) is 12.7. The first kappa shape index (κ1) is 25.7. The van der Waals surface area contributed by atoms with Crippen molar-refractivity contribution in [1.29, 1.82) is 0 Å². The Morgan fingerprint density at radius 1 is 0.838 bits per heavy atom. The molecular weight excluding hydrogens is 620 g/mol. The lowest BCUT2D eigenvalue weighted by Gasteiger charge is -2.26. The molecule has 0 spiro atoms. The number of nitrogens with one attached hydrogen (secondary N) is 1. The van der Waals surface area contributed by atoms with E-state index in [0.29, 0.717) is 8.95 Å². The van der Waals surface area contributed by atoms with Crippen molar-refractivity contribution in [2.75, 3.05) is 4.90 Å². The van der Waals surface area contributed by atoms with Crippen LogP contribution in [0.1, 0.15) is 5.56 Å². The summed E-state index contributed by atoms with van der Waals surface area (Å²) in [5.41, 5.74) is -1.18. The second-order valence-corrected chi connectivity index (χ2v) is 9.22. The molecule has 0 aromatic heterocycles. The van der Waals surface area contributed by atoms with Gasteiger partial charge in [0.05, 0.1) is 21.6 Å². The van der Waals surface area contributed by atoms with E-state index in [2.05, 4.69) is 37.2 Å². The number of urea groups is 1. The van der Waals surface area contributed by atoms with Gasteiger partial charge in [-0.2, -0.15) is 0 Å². The van der Waals surface area contributed by atoms with Crippen molar-refractivity contribution in [3.8, 4) is 11.5 Å². The minimum atomic E-state index is -0.949. The summed E-state index contributed by atoms with van der Waals surface area (Å²) >= 11 is 6.55. The molecule has 0 atom stereocenters. The van der Waals surface area contributed by atoms with Crippen molar-refractivity contribution in [3.63, 3.8) is 0 Å². The highest BCUT2D eigenvalue weighted by Gasteiger charge is 2.37. The number of carbonyl (C=O) groups is 3. The van der Waals surface area contributed by atoms with Crippen molar-refractivity contribution in [3.05, 3.63) is 101 Å². The summed E-state index contributed by atoms with van der Waals surface area (Å²) < 4.78 is 6.93. The van der Waals surface area contributed by atoms with Gasteiger partial charge in [0.25, 0.3) is 17.5 Å². The van der Waals surface area contributed by atoms with Crippen LogP contribution in [-0.2, 0) is 9.59 Å². The molecule has 3 aromatic carbocycles. The number of hydrogen-bond donors (Lipinski definition) is 1. The minimum Gasteiger partial charge on any atom is -0.449 e. The van der Waals surface area contributed by atoms with Crippen LogP contribution in [0.3, 0.4) is 0 Å². The lowest BCUT2D eigenvalue weighted by molar-refractivity contribution is -0.394. The van der Waals surface area contributed by atoms with Gasteiger partial charge >= 0.3 is 11.7 Å². The monoisotopic (exact) mass is 630 g/mol. The quantitative estimate of drug-likeness (QED) is 0.162. The summed E-state index contributed by atoms with van der Waals surface area (Å²) in [6.45, 7) is 0. The highest BCUT2D eigenvalue weighted by molar-refractivity contribution is 9.10. The Morgan fingerprint density at radius 2 is 1.49 bits per heavy atom. The lowest BCUT2D eigenvalue weighted by Crippen LogP contribution is -2.54. The first-order valence-electron chi connectivity index (χ1n) is 10.1. The number of non-ortho nitro benzene ring substituents is 1. The number of halogens is 2. The molecule has 186 valence electrons. The number of nitro groups is 2. The van der Waals surface area contributed by atoms with Gasteiger partial charge in [-0.15, -0.1) is 0 Å². The van der Waals surface area contributed by atoms with Gasteiger partial charge in [-0.25, -0.2) is 9.69 Å². The van der Waals surface area contributed by atoms with Crippen LogP contribution in [0.4, 0.5) is 21.9 Å². The van der Waals surface area contributed by atoms with Crippen LogP contribution in [0, 0.1) is 20.2 Å². The third-order valence-electron chi connectivity index (χ3n) is 5.03. The molecule has 3 aromatic rings. The zero-order valence-electron chi connectivity index (χ0n) is 18.2. The lowest BCUT2D eigenvalue weighted by atomic mass is 10.1. The number of carbonyl (C=O) groups excluding carboxylic acids is 3. The maximum absolute atomic E-state index is 13.2. The van der Waals surface area contributed by atoms with Crippen LogP contribution in [0.15, 0.2) is 75.2 Å². The Morgan fingerprint density at radius 3 is 2.14 bits per heavy atom. The van der Waals surface area contributed by atoms with Crippen molar-refractivity contribution >= 4 is 72.8 Å². The largest absolute Gasteiger partial charge is 0.449 e. The molecule has 1 saturated heterocycles. The Bertz CT molecular complexity index is 1520. The van der Waals surface area contributed by atoms with Crippen LogP contribution >= 0.6 is 31.9 Å². The fraction of sp³-hybridized carbons (Fsp3) is 0. The first-order valence-corrected chi connectivity index (χ1v) is 11.7. The maximum atomic E-state index is 13.2. The Hall–Kier alpha value is -4.43. The first-order chi connectivity index (χ1) is 17.5. The van der Waals surface area contributed by atoms with E-state index < -0.39 is 44.6 Å². The molecule has 1 fully saturated rings. The van der Waals surface area contributed by atoms with Crippen LogP contribution < -0.4 is 15.0 Å². The fourth-order valence-corrected chi connectivity index (χ4v) is 3.97. The third kappa shape index (κ3) is 5.39. The average molecular weight is 632 g/mol. The molecule has 1 N–H and O–H groups in total. The van der Waals surface area contributed by atoms with Gasteiger partial charge in [-0.3, -0.25) is 35.1 Å². The predicted molar refractivity (Wildman–Crippen MR) is 137 cm³/mol. The van der Waals surface area contributed by atoms with Crippen LogP contribution in [0.25, 0.3) is 6.08 Å². The van der Waals surface area contributed by atoms with Crippen LogP contribution in [-0.4, -0.2) is 27.7 Å². The molecule has 0 saturated carbocycles. The van der Waals surface area contributed by atoms with E-state index in [1.165, 1.54) is 30.3 Å². The summed E-state index contributed by atoms with van der Waals surface area (Å²) in [5, 5.41) is 24.6. The molecule has 14 heteroatoms. The smallest absolute Gasteiger partial charge is 0.335 e. The molecule has 37 heavy (non-hydrogen) atoms. The van der Waals surface area contributed by atoms with E-state index in [4.69, 9.17) is 4.74 Å². The second kappa shape index (κ2) is 10.3. The Kier molecular flexibility index (Phi) is 7.13. The molecule has 4 rings (SSSR count). The number of rotatable bonds is 6. The third-order valence-corrected chi connectivity index (χ3v) is 6.05. The number of benzene rings is 3. The molecule has 4 amide bonds. The number of nitrogens with zero attached hydrogens (tertiary/aromatic N) is 3. The molecule has 1 heterocycles. The maximum Gasteiger partial charge on any atom is 0.335 e. The van der Waals surface area contributed by atoms with Crippen LogP contribution in [0.5, 0.6) is 11.5 Å². The molecule has 0 radical (unpaired) electrons. The fourth-order valence-electron chi connectivity index (χ4n) is 3.33. The predicted octanol–water partition coefficient (Wildman–Crippen LogP) is 5.49. The van der Waals surface area contributed by atoms with Gasteiger partial charge in [-0.05, 0) is 54.6 Å². The standard InChI is InChI=1S/C23H12Br2N4O8/c24-13-1-4-15(5-2-13)27-22(31)17(21(30)26-23(27)32)10-12-9-14(25)3-7-19(12)37-20-8-6-16(28(33)34)11-18(20)29(35)36/h1-11H,(H,26,30,32)/b17-10+. The Labute approximate surface area is 224 Å². The number of barbiturate groups is 1. The normalized spacial score (nSPS) is 14.5. The van der Waals surface area contributed by atoms with E-state index >= 15 is 0 Å². The zero-order valence-corrected chi connectivity index (χ0v) is 21.4. The molecule has 1 aliphatic heterocycles. The number of imide groups is 2. The number of ether oxygens (including phenoxy) is 1. The van der Waals surface area contributed by atoms with Gasteiger partial charge in [0.2, 0.25) is 5.75 Å². The minimum absolute atomic E-state index is 0.000319. The molecule has 0 unspecified atom stereocenters. The second-order valence-electron chi connectivity index (χ2n) is 7.38. The highest BCUT2D eigenvalue weighted by atomic mass is 79.9. The molecule has 1 aliphatic rings. The van der Waals surface area contributed by atoms with E-state index in [1.807, 2.05) is 0 Å². The van der Waals surface area contributed by atoms with Crippen molar-refractivity contribution in [1.82, 2.24) is 5.32 Å². The molecule has 0 bridgehead atoms. The number of amides is 4. The van der Waals surface area contributed by atoms with E-state index in [1.54, 1.807) is 18.2 Å². The zero-order chi connectivity index (χ0) is 26.9. The van der Waals surface area contributed by atoms with Crippen molar-refractivity contribution in [2.24, 2.45) is 0 Å². The van der Waals surface area contributed by atoms with Crippen molar-refractivity contribution < 1.29 is 29.0 Å². The highest BCUT2D eigenvalue weighted by Crippen LogP contribution is 2.37. The summed E-state index contributed by atoms with van der Waals surface area (Å²) in [7, 11) is 0. The van der Waals surface area contributed by atoms with Gasteiger partial charge in [0, 0.05) is 20.6 Å². The number of anilines is 1. The molecular formula is C23H12Br2N4O8. The van der Waals surface area contributed by atoms with Crippen LogP contribution in [0.2, 0.25) is 0 Å². The van der Waals surface area contributed by atoms with Gasteiger partial charge in [-0.1, -0.05) is 31.9 Å². The van der Waals surface area contributed by atoms with E-state index in [0.717, 1.165) is 23.1 Å². The topological polar surface area (TPSA) is 162 Å². The summed E-state index contributed by atoms with van der Waals surface area (Å²) in [5.74, 6) is -2.15. The Balaban J connectivity index is 1.76. The molecule has 0 aliphatic carbocycles. The van der Waals surface area contributed by atoms with Crippen molar-refractivity contribution in [2.45, 2.75) is 0 Å². The number of hydrogen-bond acceptors (Lipinski definition) is 8. The SMILES string of the molecule is O=C1NC(=O)N(c2ccc(Br)cc2)C(=O)/C1=C/c1cc(Br)ccc1Oc1ccc([N+](=O)[O-])cc1[N+](=O)[O-]. The average Bonchev–Trinajstić information content (AvgIpc) is 2.84. The van der Waals surface area contributed by atoms with Gasteiger partial charge < -0.3 is 4.74 Å². The van der Waals surface area contributed by atoms with E-state index in [-0.39, 0.29) is 22.7 Å². The summed E-state index contributed by atoms with van der Waals surface area (Å²) in [6.07, 6.45) is 1.17. The number of nitro benzene ring substituents is 2.